The Morgan fingerprint density at radius 1 is 0.534 bits per heavy atom. The van der Waals surface area contributed by atoms with Gasteiger partial charge in [-0.2, -0.15) is 0 Å². The highest BCUT2D eigenvalue weighted by Gasteiger charge is 2.47. The second kappa shape index (κ2) is 12.2. The maximum atomic E-state index is 6.95. The Morgan fingerprint density at radius 3 is 1.98 bits per heavy atom. The molecule has 11 rings (SSSR count). The van der Waals surface area contributed by atoms with E-state index in [0.717, 1.165) is 44.4 Å². The van der Waals surface area contributed by atoms with E-state index in [1.54, 1.807) is 0 Å². The van der Waals surface area contributed by atoms with E-state index in [4.69, 9.17) is 9.40 Å². The molecule has 2 aromatic heterocycles. The van der Waals surface area contributed by atoms with Crippen LogP contribution in [0.15, 0.2) is 138 Å². The molecule has 1 aliphatic carbocycles. The minimum Gasteiger partial charge on any atom is -0.455 e. The number of nitrogens with zero attached hydrogens (tertiary/aromatic N) is 2. The fourth-order valence-corrected chi connectivity index (χ4v) is 10.2. The van der Waals surface area contributed by atoms with Crippen molar-refractivity contribution in [3.63, 3.8) is 0 Å². The Balaban J connectivity index is 1.17. The Labute approximate surface area is 339 Å². The number of furan rings is 1. The van der Waals surface area contributed by atoms with Gasteiger partial charge >= 0.3 is 0 Å². The Morgan fingerprint density at radius 2 is 1.19 bits per heavy atom. The van der Waals surface area contributed by atoms with Crippen molar-refractivity contribution in [1.82, 2.24) is 9.55 Å². The Hall–Kier alpha value is -6.19. The highest BCUT2D eigenvalue weighted by Crippen LogP contribution is 2.55. The molecule has 0 spiro atoms. The molecule has 0 saturated carbocycles. The number of hydrogen-bond donors (Lipinski definition) is 0. The minimum atomic E-state index is -0.00451. The molecule has 0 N–H and O–H groups in total. The first kappa shape index (κ1) is 35.0. The third-order valence-corrected chi connectivity index (χ3v) is 14.0. The van der Waals surface area contributed by atoms with E-state index in [1.165, 1.54) is 71.4 Å². The van der Waals surface area contributed by atoms with Crippen LogP contribution in [0.2, 0.25) is 0 Å². The van der Waals surface area contributed by atoms with Crippen LogP contribution in [0.4, 0.5) is 0 Å². The predicted octanol–water partition coefficient (Wildman–Crippen LogP) is 15.5. The van der Waals surface area contributed by atoms with E-state index < -0.39 is 0 Å². The number of imidazole rings is 1. The largest absolute Gasteiger partial charge is 0.455 e. The lowest BCUT2D eigenvalue weighted by Crippen LogP contribution is -2.35. The summed E-state index contributed by atoms with van der Waals surface area (Å²) in [6.45, 7) is 19.0. The molecule has 3 heteroatoms. The number of benzene rings is 8. The van der Waals surface area contributed by atoms with Crippen LogP contribution in [0.5, 0.6) is 0 Å². The van der Waals surface area contributed by atoms with Crippen LogP contribution in [0.3, 0.4) is 0 Å². The summed E-state index contributed by atoms with van der Waals surface area (Å²) in [6.07, 6.45) is 0. The van der Waals surface area contributed by atoms with E-state index in [1.807, 2.05) is 0 Å². The molecule has 0 unspecified atom stereocenters. The van der Waals surface area contributed by atoms with Crippen LogP contribution in [-0.2, 0) is 10.8 Å². The molecule has 0 fully saturated rings. The lowest BCUT2D eigenvalue weighted by molar-refractivity contribution is 0.322. The van der Waals surface area contributed by atoms with Crippen molar-refractivity contribution in [3.05, 3.63) is 156 Å². The molecule has 10 aromatic rings. The standard InChI is InChI=1S/C55H48N2O/c1-31(2)41-27-37(36-25-35-16-13-20-45-50(35)46(29-36)55(7,8)54(45,5)6)28-42(32(3)4)51(41)57-48-22-12-11-21-47(48)56-53(57)40-19-14-18-39-44-26-34-24-23-33-15-9-10-17-38(33)43(34)30-49(44)58-52(39)40/h9-32H,1-8H3. The third-order valence-electron chi connectivity index (χ3n) is 14.0. The number of para-hydroxylation sites is 3. The summed E-state index contributed by atoms with van der Waals surface area (Å²) >= 11 is 0. The molecule has 0 saturated heterocycles. The van der Waals surface area contributed by atoms with E-state index in [9.17, 15) is 0 Å². The first-order chi connectivity index (χ1) is 27.9. The average molecular weight is 753 g/mol. The predicted molar refractivity (Wildman–Crippen MR) is 246 cm³/mol. The van der Waals surface area contributed by atoms with Crippen molar-refractivity contribution in [1.29, 1.82) is 0 Å². The summed E-state index contributed by atoms with van der Waals surface area (Å²) in [4.78, 5) is 5.45. The molecular weight excluding hydrogens is 705 g/mol. The summed E-state index contributed by atoms with van der Waals surface area (Å²) in [5.74, 6) is 1.40. The Bertz CT molecular complexity index is 3320. The first-order valence-corrected chi connectivity index (χ1v) is 20.9. The molecule has 0 bridgehead atoms. The van der Waals surface area contributed by atoms with Crippen molar-refractivity contribution >= 4 is 65.3 Å². The maximum Gasteiger partial charge on any atom is 0.149 e. The normalized spacial score (nSPS) is 14.8. The van der Waals surface area contributed by atoms with Gasteiger partial charge in [-0.3, -0.25) is 4.57 Å². The molecule has 2 heterocycles. The van der Waals surface area contributed by atoms with Crippen LogP contribution in [0.1, 0.15) is 89.5 Å². The van der Waals surface area contributed by atoms with Crippen LogP contribution < -0.4 is 0 Å². The fraction of sp³-hybridized carbons (Fsp3) is 0.218. The summed E-state index contributed by atoms with van der Waals surface area (Å²) in [5.41, 5.74) is 14.1. The van der Waals surface area contributed by atoms with Gasteiger partial charge < -0.3 is 4.42 Å². The van der Waals surface area contributed by atoms with E-state index in [-0.39, 0.29) is 22.7 Å². The van der Waals surface area contributed by atoms with Crippen LogP contribution in [0.25, 0.3) is 93.5 Å². The third kappa shape index (κ3) is 4.77. The molecule has 58 heavy (non-hydrogen) atoms. The Kier molecular flexibility index (Phi) is 7.34. The summed E-state index contributed by atoms with van der Waals surface area (Å²) in [6, 6.07) is 49.4. The van der Waals surface area contributed by atoms with Gasteiger partial charge in [0.15, 0.2) is 0 Å². The summed E-state index contributed by atoms with van der Waals surface area (Å²) < 4.78 is 9.39. The molecule has 0 amide bonds. The van der Waals surface area contributed by atoms with Crippen molar-refractivity contribution in [2.24, 2.45) is 0 Å². The van der Waals surface area contributed by atoms with Gasteiger partial charge in [-0.15, -0.1) is 0 Å². The van der Waals surface area contributed by atoms with Gasteiger partial charge in [-0.05, 0) is 143 Å². The molecule has 0 radical (unpaired) electrons. The van der Waals surface area contributed by atoms with Crippen LogP contribution in [-0.4, -0.2) is 9.55 Å². The van der Waals surface area contributed by atoms with Gasteiger partial charge in [-0.1, -0.05) is 134 Å². The zero-order valence-corrected chi connectivity index (χ0v) is 34.7. The molecule has 8 aromatic carbocycles. The van der Waals surface area contributed by atoms with Crippen LogP contribution >= 0.6 is 0 Å². The second-order valence-corrected chi connectivity index (χ2v) is 18.4. The molecular formula is C55H48N2O. The van der Waals surface area contributed by atoms with Crippen molar-refractivity contribution in [2.75, 3.05) is 0 Å². The van der Waals surface area contributed by atoms with Gasteiger partial charge in [0.25, 0.3) is 0 Å². The topological polar surface area (TPSA) is 31.0 Å². The highest BCUT2D eigenvalue weighted by atomic mass is 16.3. The molecule has 0 aliphatic heterocycles. The number of fused-ring (bicyclic) bond motifs is 7. The van der Waals surface area contributed by atoms with Crippen molar-refractivity contribution in [2.45, 2.75) is 78.1 Å². The van der Waals surface area contributed by atoms with Crippen molar-refractivity contribution in [3.8, 4) is 28.2 Å². The van der Waals surface area contributed by atoms with Gasteiger partial charge in [0, 0.05) is 10.8 Å². The maximum absolute atomic E-state index is 6.95. The van der Waals surface area contributed by atoms with E-state index in [0.29, 0.717) is 0 Å². The molecule has 3 nitrogen and oxygen atoms in total. The highest BCUT2D eigenvalue weighted by molar-refractivity contribution is 6.17. The zero-order chi connectivity index (χ0) is 39.8. The number of hydrogen-bond acceptors (Lipinski definition) is 2. The summed E-state index contributed by atoms with van der Waals surface area (Å²) in [5, 5.41) is 9.86. The van der Waals surface area contributed by atoms with Crippen molar-refractivity contribution < 1.29 is 4.42 Å². The fourth-order valence-electron chi connectivity index (χ4n) is 10.2. The lowest BCUT2D eigenvalue weighted by Gasteiger charge is -2.37. The summed E-state index contributed by atoms with van der Waals surface area (Å²) in [7, 11) is 0. The second-order valence-electron chi connectivity index (χ2n) is 18.4. The molecule has 1 aliphatic rings. The molecule has 0 atom stereocenters. The zero-order valence-electron chi connectivity index (χ0n) is 34.7. The number of aromatic nitrogens is 2. The SMILES string of the molecule is CC(C)c1cc(-c2cc3c4c(cccc4c2)C(C)(C)C3(C)C)cc(C(C)C)c1-n1c(-c2cccc3c2oc2cc4c(ccc5ccccc54)cc23)nc2ccccc21. The van der Waals surface area contributed by atoms with E-state index >= 15 is 0 Å². The monoisotopic (exact) mass is 752 g/mol. The van der Waals surface area contributed by atoms with Gasteiger partial charge in [0.05, 0.1) is 22.3 Å². The van der Waals surface area contributed by atoms with Gasteiger partial charge in [-0.25, -0.2) is 4.98 Å². The first-order valence-electron chi connectivity index (χ1n) is 20.9. The van der Waals surface area contributed by atoms with E-state index in [2.05, 4.69) is 193 Å². The molecule has 284 valence electrons. The average Bonchev–Trinajstić information content (AvgIpc) is 3.83. The number of rotatable bonds is 5. The van der Waals surface area contributed by atoms with Crippen LogP contribution in [0, 0.1) is 0 Å². The lowest BCUT2D eigenvalue weighted by atomic mass is 9.66. The quantitative estimate of drug-likeness (QED) is 0.164. The minimum absolute atomic E-state index is 0.00451. The van der Waals surface area contributed by atoms with Gasteiger partial charge in [0.1, 0.15) is 17.0 Å². The smallest absolute Gasteiger partial charge is 0.149 e. The van der Waals surface area contributed by atoms with Gasteiger partial charge in [0.2, 0.25) is 0 Å².